The highest BCUT2D eigenvalue weighted by molar-refractivity contribution is 5.31. The standard InChI is InChI=1S/C12H17N5/c1-9-6-11(10-4-3-5-16(2)7-10)17-12(15-9)13-8-14-17/h6,8,10H,3-5,7H2,1-2H3. The van der Waals surface area contributed by atoms with Crippen LogP contribution in [0.1, 0.15) is 30.1 Å². The van der Waals surface area contributed by atoms with E-state index in [0.29, 0.717) is 11.7 Å². The molecule has 1 atom stereocenters. The van der Waals surface area contributed by atoms with Crippen molar-refractivity contribution in [3.8, 4) is 0 Å². The van der Waals surface area contributed by atoms with Gasteiger partial charge in [0, 0.05) is 18.2 Å². The first-order valence-corrected chi connectivity index (χ1v) is 6.10. The number of likely N-dealkylation sites (tertiary alicyclic amines) is 1. The number of aromatic nitrogens is 4. The average molecular weight is 231 g/mol. The van der Waals surface area contributed by atoms with Crippen molar-refractivity contribution in [2.24, 2.45) is 0 Å². The number of likely N-dealkylation sites (N-methyl/N-ethyl adjacent to an activating group) is 1. The minimum atomic E-state index is 0.541. The van der Waals surface area contributed by atoms with Crippen molar-refractivity contribution in [3.05, 3.63) is 23.8 Å². The van der Waals surface area contributed by atoms with E-state index in [2.05, 4.69) is 33.1 Å². The zero-order chi connectivity index (χ0) is 11.8. The van der Waals surface area contributed by atoms with E-state index in [4.69, 9.17) is 0 Å². The number of hydrogen-bond acceptors (Lipinski definition) is 4. The second kappa shape index (κ2) is 4.07. The van der Waals surface area contributed by atoms with E-state index in [9.17, 15) is 0 Å². The third-order valence-electron chi connectivity index (χ3n) is 3.45. The Morgan fingerprint density at radius 3 is 3.12 bits per heavy atom. The topological polar surface area (TPSA) is 46.3 Å². The number of aryl methyl sites for hydroxylation is 1. The van der Waals surface area contributed by atoms with Crippen molar-refractivity contribution in [2.45, 2.75) is 25.7 Å². The number of nitrogens with zero attached hydrogens (tertiary/aromatic N) is 5. The minimum absolute atomic E-state index is 0.541. The lowest BCUT2D eigenvalue weighted by molar-refractivity contribution is 0.247. The van der Waals surface area contributed by atoms with Gasteiger partial charge in [0.15, 0.2) is 0 Å². The lowest BCUT2D eigenvalue weighted by Crippen LogP contribution is -2.31. The van der Waals surface area contributed by atoms with Gasteiger partial charge in [0.05, 0.1) is 5.69 Å². The summed E-state index contributed by atoms with van der Waals surface area (Å²) in [5.41, 5.74) is 2.27. The van der Waals surface area contributed by atoms with Crippen LogP contribution in [-0.4, -0.2) is 44.6 Å². The predicted molar refractivity (Wildman–Crippen MR) is 65.0 cm³/mol. The van der Waals surface area contributed by atoms with Crippen molar-refractivity contribution in [1.82, 2.24) is 24.5 Å². The lowest BCUT2D eigenvalue weighted by Gasteiger charge is -2.29. The molecule has 1 fully saturated rings. The van der Waals surface area contributed by atoms with Gasteiger partial charge in [-0.2, -0.15) is 10.1 Å². The molecule has 0 saturated carbocycles. The molecule has 1 aliphatic rings. The molecule has 1 aliphatic heterocycles. The van der Waals surface area contributed by atoms with E-state index >= 15 is 0 Å². The Morgan fingerprint density at radius 1 is 1.41 bits per heavy atom. The molecule has 0 amide bonds. The van der Waals surface area contributed by atoms with Crippen molar-refractivity contribution in [3.63, 3.8) is 0 Å². The van der Waals surface area contributed by atoms with Gasteiger partial charge in [-0.1, -0.05) is 0 Å². The Balaban J connectivity index is 2.06. The summed E-state index contributed by atoms with van der Waals surface area (Å²) < 4.78 is 1.89. The summed E-state index contributed by atoms with van der Waals surface area (Å²) in [6.45, 7) is 4.31. The molecule has 0 aromatic carbocycles. The first-order valence-electron chi connectivity index (χ1n) is 6.10. The van der Waals surface area contributed by atoms with Crippen LogP contribution in [0.3, 0.4) is 0 Å². The molecule has 1 saturated heterocycles. The normalized spacial score (nSPS) is 22.1. The molecule has 1 unspecified atom stereocenters. The monoisotopic (exact) mass is 231 g/mol. The van der Waals surface area contributed by atoms with Crippen LogP contribution < -0.4 is 0 Å². The quantitative estimate of drug-likeness (QED) is 0.741. The van der Waals surface area contributed by atoms with Gasteiger partial charge in [-0.25, -0.2) is 9.50 Å². The maximum Gasteiger partial charge on any atom is 0.252 e. The largest absolute Gasteiger partial charge is 0.306 e. The molecular weight excluding hydrogens is 214 g/mol. The second-order valence-electron chi connectivity index (χ2n) is 4.90. The Labute approximate surface area is 100 Å². The van der Waals surface area contributed by atoms with Gasteiger partial charge in [0.25, 0.3) is 5.78 Å². The third kappa shape index (κ3) is 1.91. The highest BCUT2D eigenvalue weighted by atomic mass is 15.3. The third-order valence-corrected chi connectivity index (χ3v) is 3.45. The van der Waals surface area contributed by atoms with Crippen LogP contribution in [0.5, 0.6) is 0 Å². The van der Waals surface area contributed by atoms with Crippen LogP contribution in [0.15, 0.2) is 12.4 Å². The molecule has 17 heavy (non-hydrogen) atoms. The van der Waals surface area contributed by atoms with E-state index in [1.165, 1.54) is 25.1 Å². The zero-order valence-electron chi connectivity index (χ0n) is 10.3. The predicted octanol–water partition coefficient (Wildman–Crippen LogP) is 1.24. The van der Waals surface area contributed by atoms with Crippen molar-refractivity contribution in [2.75, 3.05) is 20.1 Å². The average Bonchev–Trinajstić information content (AvgIpc) is 2.75. The summed E-state index contributed by atoms with van der Waals surface area (Å²) in [5.74, 6) is 1.26. The second-order valence-corrected chi connectivity index (χ2v) is 4.90. The Kier molecular flexibility index (Phi) is 2.55. The molecule has 5 nitrogen and oxygen atoms in total. The fourth-order valence-corrected chi connectivity index (χ4v) is 2.66. The Morgan fingerprint density at radius 2 is 2.29 bits per heavy atom. The number of hydrogen-bond donors (Lipinski definition) is 0. The Hall–Kier alpha value is -1.49. The van der Waals surface area contributed by atoms with Crippen molar-refractivity contribution in [1.29, 1.82) is 0 Å². The van der Waals surface area contributed by atoms with E-state index in [-0.39, 0.29) is 0 Å². The molecular formula is C12H17N5. The molecule has 0 bridgehead atoms. The van der Waals surface area contributed by atoms with Gasteiger partial charge < -0.3 is 4.90 Å². The molecule has 2 aromatic rings. The molecule has 0 aliphatic carbocycles. The van der Waals surface area contributed by atoms with Gasteiger partial charge >= 0.3 is 0 Å². The van der Waals surface area contributed by atoms with Crippen molar-refractivity contribution >= 4 is 5.78 Å². The highest BCUT2D eigenvalue weighted by Crippen LogP contribution is 2.26. The van der Waals surface area contributed by atoms with Crippen LogP contribution in [0.25, 0.3) is 5.78 Å². The zero-order valence-corrected chi connectivity index (χ0v) is 10.3. The molecule has 0 spiro atoms. The molecule has 0 N–H and O–H groups in total. The first kappa shape index (κ1) is 10.7. The smallest absolute Gasteiger partial charge is 0.252 e. The number of piperidine rings is 1. The van der Waals surface area contributed by atoms with Crippen LogP contribution in [0, 0.1) is 6.92 Å². The molecule has 3 heterocycles. The van der Waals surface area contributed by atoms with Crippen LogP contribution in [0.4, 0.5) is 0 Å². The fourth-order valence-electron chi connectivity index (χ4n) is 2.66. The molecule has 2 aromatic heterocycles. The van der Waals surface area contributed by atoms with Crippen LogP contribution >= 0.6 is 0 Å². The Bertz CT molecular complexity index is 533. The molecule has 3 rings (SSSR count). The van der Waals surface area contributed by atoms with Gasteiger partial charge in [-0.15, -0.1) is 0 Å². The maximum atomic E-state index is 4.39. The summed E-state index contributed by atoms with van der Waals surface area (Å²) >= 11 is 0. The van der Waals surface area contributed by atoms with Gasteiger partial charge in [-0.3, -0.25) is 0 Å². The molecule has 90 valence electrons. The van der Waals surface area contributed by atoms with E-state index in [1.807, 2.05) is 11.4 Å². The maximum absolute atomic E-state index is 4.39. The molecule has 5 heteroatoms. The van der Waals surface area contributed by atoms with E-state index < -0.39 is 0 Å². The summed E-state index contributed by atoms with van der Waals surface area (Å²) in [4.78, 5) is 10.9. The minimum Gasteiger partial charge on any atom is -0.306 e. The fraction of sp³-hybridized carbons (Fsp3) is 0.583. The summed E-state index contributed by atoms with van der Waals surface area (Å²) in [6.07, 6.45) is 4.05. The SMILES string of the molecule is Cc1cc(C2CCCN(C)C2)n2ncnc2n1. The van der Waals surface area contributed by atoms with Gasteiger partial charge in [0.1, 0.15) is 6.33 Å². The van der Waals surface area contributed by atoms with E-state index in [0.717, 1.165) is 12.2 Å². The summed E-state index contributed by atoms with van der Waals surface area (Å²) in [6, 6.07) is 2.14. The van der Waals surface area contributed by atoms with E-state index in [1.54, 1.807) is 6.33 Å². The summed E-state index contributed by atoms with van der Waals surface area (Å²) in [5, 5.41) is 4.28. The van der Waals surface area contributed by atoms with Gasteiger partial charge in [-0.05, 0) is 39.4 Å². The highest BCUT2D eigenvalue weighted by Gasteiger charge is 2.22. The van der Waals surface area contributed by atoms with Gasteiger partial charge in [0.2, 0.25) is 0 Å². The number of fused-ring (bicyclic) bond motifs is 1. The van der Waals surface area contributed by atoms with Crippen LogP contribution in [-0.2, 0) is 0 Å². The molecule has 0 radical (unpaired) electrons. The van der Waals surface area contributed by atoms with Crippen molar-refractivity contribution < 1.29 is 0 Å². The first-order chi connectivity index (χ1) is 8.24. The van der Waals surface area contributed by atoms with Crippen LogP contribution in [0.2, 0.25) is 0 Å². The summed E-state index contributed by atoms with van der Waals surface area (Å²) in [7, 11) is 2.18. The lowest BCUT2D eigenvalue weighted by atomic mass is 9.94. The number of rotatable bonds is 1.